The smallest absolute Gasteiger partial charge is 0.306 e. The van der Waals surface area contributed by atoms with Gasteiger partial charge in [0.1, 0.15) is 5.75 Å². The minimum absolute atomic E-state index is 0.0214. The molecule has 0 aliphatic rings. The second-order valence-corrected chi connectivity index (χ2v) is 3.54. The first kappa shape index (κ1) is 11.4. The summed E-state index contributed by atoms with van der Waals surface area (Å²) >= 11 is 0. The number of nitrogen functional groups attached to an aromatic ring is 1. The van der Waals surface area contributed by atoms with E-state index in [1.165, 1.54) is 13.2 Å². The van der Waals surface area contributed by atoms with E-state index in [2.05, 4.69) is 4.74 Å². The minimum Gasteiger partial charge on any atom is -0.508 e. The number of nitrogens with two attached hydrogens (primary N) is 1. The van der Waals surface area contributed by atoms with E-state index in [1.807, 2.05) is 6.92 Å². The van der Waals surface area contributed by atoms with Crippen LogP contribution in [-0.2, 0) is 9.53 Å². The molecule has 15 heavy (non-hydrogen) atoms. The number of aromatic hydroxyl groups is 1. The molecular formula is C11H15NO3. The monoisotopic (exact) mass is 209 g/mol. The molecule has 4 heteroatoms. The normalized spacial score (nSPS) is 12.1. The quantitative estimate of drug-likeness (QED) is 0.586. The molecule has 82 valence electrons. The standard InChI is InChI=1S/C11H15NO3/c1-7(3-11(14)15-2)8-4-9(12)6-10(13)5-8/h4-7,13H,3,12H2,1-2H3. The Kier molecular flexibility index (Phi) is 3.55. The Bertz CT molecular complexity index is 343. The van der Waals surface area contributed by atoms with E-state index in [-0.39, 0.29) is 24.1 Å². The molecule has 1 atom stereocenters. The zero-order valence-corrected chi connectivity index (χ0v) is 8.86. The van der Waals surface area contributed by atoms with Crippen molar-refractivity contribution < 1.29 is 14.6 Å². The number of carbonyl (C=O) groups excluding carboxylic acids is 1. The summed E-state index contributed by atoms with van der Waals surface area (Å²) in [4.78, 5) is 11.0. The van der Waals surface area contributed by atoms with Gasteiger partial charge in [-0.3, -0.25) is 4.79 Å². The van der Waals surface area contributed by atoms with Gasteiger partial charge in [0.15, 0.2) is 0 Å². The number of methoxy groups -OCH3 is 1. The molecule has 0 radical (unpaired) electrons. The predicted octanol–water partition coefficient (Wildman–Crippen LogP) is 1.64. The molecule has 3 N–H and O–H groups in total. The fourth-order valence-electron chi connectivity index (χ4n) is 1.39. The molecule has 0 fully saturated rings. The van der Waals surface area contributed by atoms with Gasteiger partial charge >= 0.3 is 5.97 Å². The van der Waals surface area contributed by atoms with Crippen LogP contribution in [0.15, 0.2) is 18.2 Å². The number of hydrogen-bond acceptors (Lipinski definition) is 4. The highest BCUT2D eigenvalue weighted by atomic mass is 16.5. The summed E-state index contributed by atoms with van der Waals surface area (Å²) in [6.45, 7) is 1.88. The van der Waals surface area contributed by atoms with E-state index in [9.17, 15) is 9.90 Å². The lowest BCUT2D eigenvalue weighted by Gasteiger charge is -2.11. The summed E-state index contributed by atoms with van der Waals surface area (Å²) in [5, 5.41) is 9.34. The van der Waals surface area contributed by atoms with Crippen LogP contribution in [0.1, 0.15) is 24.8 Å². The van der Waals surface area contributed by atoms with Crippen LogP contribution in [0.4, 0.5) is 5.69 Å². The fourth-order valence-corrected chi connectivity index (χ4v) is 1.39. The molecule has 0 saturated carbocycles. The van der Waals surface area contributed by atoms with E-state index < -0.39 is 0 Å². The van der Waals surface area contributed by atoms with Crippen molar-refractivity contribution in [2.75, 3.05) is 12.8 Å². The summed E-state index contributed by atoms with van der Waals surface area (Å²) in [5.41, 5.74) is 6.90. The maximum atomic E-state index is 11.0. The van der Waals surface area contributed by atoms with Gasteiger partial charge in [-0.1, -0.05) is 6.92 Å². The van der Waals surface area contributed by atoms with Crippen LogP contribution >= 0.6 is 0 Å². The molecule has 1 aromatic carbocycles. The highest BCUT2D eigenvalue weighted by Gasteiger charge is 2.12. The van der Waals surface area contributed by atoms with Gasteiger partial charge in [-0.05, 0) is 23.6 Å². The first-order chi connectivity index (χ1) is 7.02. The molecule has 0 aromatic heterocycles. The SMILES string of the molecule is COC(=O)CC(C)c1cc(N)cc(O)c1. The molecule has 1 unspecified atom stereocenters. The van der Waals surface area contributed by atoms with Gasteiger partial charge in [0.25, 0.3) is 0 Å². The van der Waals surface area contributed by atoms with Crippen LogP contribution in [0.25, 0.3) is 0 Å². The Morgan fingerprint density at radius 1 is 1.53 bits per heavy atom. The van der Waals surface area contributed by atoms with Crippen molar-refractivity contribution >= 4 is 11.7 Å². The lowest BCUT2D eigenvalue weighted by molar-refractivity contribution is -0.140. The maximum absolute atomic E-state index is 11.0. The second kappa shape index (κ2) is 4.68. The van der Waals surface area contributed by atoms with Gasteiger partial charge < -0.3 is 15.6 Å². The predicted molar refractivity (Wildman–Crippen MR) is 57.6 cm³/mol. The Balaban J connectivity index is 2.81. The average Bonchev–Trinajstić information content (AvgIpc) is 2.16. The summed E-state index contributed by atoms with van der Waals surface area (Å²) < 4.78 is 4.57. The van der Waals surface area contributed by atoms with Gasteiger partial charge in [0.05, 0.1) is 13.5 Å². The lowest BCUT2D eigenvalue weighted by Crippen LogP contribution is -2.06. The van der Waals surface area contributed by atoms with Crippen molar-refractivity contribution in [3.05, 3.63) is 23.8 Å². The molecule has 0 spiro atoms. The van der Waals surface area contributed by atoms with Crippen LogP contribution in [0.5, 0.6) is 5.75 Å². The van der Waals surface area contributed by atoms with Crippen LogP contribution in [0, 0.1) is 0 Å². The van der Waals surface area contributed by atoms with Gasteiger partial charge in [-0.15, -0.1) is 0 Å². The van der Waals surface area contributed by atoms with Gasteiger partial charge in [0.2, 0.25) is 0 Å². The minimum atomic E-state index is -0.274. The molecule has 0 bridgehead atoms. The van der Waals surface area contributed by atoms with E-state index >= 15 is 0 Å². The van der Waals surface area contributed by atoms with Crippen molar-refractivity contribution in [2.45, 2.75) is 19.3 Å². The topological polar surface area (TPSA) is 72.5 Å². The van der Waals surface area contributed by atoms with Crippen molar-refractivity contribution in [2.24, 2.45) is 0 Å². The third-order valence-electron chi connectivity index (χ3n) is 2.23. The van der Waals surface area contributed by atoms with Crippen molar-refractivity contribution in [1.82, 2.24) is 0 Å². The van der Waals surface area contributed by atoms with Crippen molar-refractivity contribution in [3.63, 3.8) is 0 Å². The molecule has 0 saturated heterocycles. The third-order valence-corrected chi connectivity index (χ3v) is 2.23. The Hall–Kier alpha value is -1.71. The summed E-state index contributed by atoms with van der Waals surface area (Å²) in [5.74, 6) is -0.182. The van der Waals surface area contributed by atoms with Crippen molar-refractivity contribution in [1.29, 1.82) is 0 Å². The number of esters is 1. The number of phenols is 1. The molecule has 1 rings (SSSR count). The van der Waals surface area contributed by atoms with Crippen LogP contribution in [0.2, 0.25) is 0 Å². The Labute approximate surface area is 88.7 Å². The first-order valence-corrected chi connectivity index (χ1v) is 4.69. The molecule has 0 amide bonds. The second-order valence-electron chi connectivity index (χ2n) is 3.54. The average molecular weight is 209 g/mol. The molecule has 0 heterocycles. The Morgan fingerprint density at radius 2 is 2.20 bits per heavy atom. The van der Waals surface area contributed by atoms with Gasteiger partial charge in [-0.2, -0.15) is 0 Å². The summed E-state index contributed by atoms with van der Waals surface area (Å²) in [6, 6.07) is 4.81. The maximum Gasteiger partial charge on any atom is 0.306 e. The molecule has 0 aliphatic carbocycles. The van der Waals surface area contributed by atoms with Crippen LogP contribution < -0.4 is 5.73 Å². The number of carbonyl (C=O) groups is 1. The number of rotatable bonds is 3. The zero-order valence-electron chi connectivity index (χ0n) is 8.86. The molecule has 0 aliphatic heterocycles. The van der Waals surface area contributed by atoms with Crippen LogP contribution in [0.3, 0.4) is 0 Å². The summed E-state index contributed by atoms with van der Waals surface area (Å²) in [7, 11) is 1.35. The lowest BCUT2D eigenvalue weighted by atomic mass is 9.97. The fraction of sp³-hybridized carbons (Fsp3) is 0.364. The van der Waals surface area contributed by atoms with E-state index in [1.54, 1.807) is 12.1 Å². The first-order valence-electron chi connectivity index (χ1n) is 4.69. The molecular weight excluding hydrogens is 194 g/mol. The molecule has 4 nitrogen and oxygen atoms in total. The largest absolute Gasteiger partial charge is 0.508 e. The Morgan fingerprint density at radius 3 is 2.73 bits per heavy atom. The number of anilines is 1. The summed E-state index contributed by atoms with van der Waals surface area (Å²) in [6.07, 6.45) is 0.277. The zero-order chi connectivity index (χ0) is 11.4. The highest BCUT2D eigenvalue weighted by Crippen LogP contribution is 2.25. The van der Waals surface area contributed by atoms with Gasteiger partial charge in [0, 0.05) is 11.8 Å². The number of ether oxygens (including phenoxy) is 1. The van der Waals surface area contributed by atoms with E-state index in [0.29, 0.717) is 5.69 Å². The number of hydrogen-bond donors (Lipinski definition) is 2. The van der Waals surface area contributed by atoms with E-state index in [0.717, 1.165) is 5.56 Å². The number of phenolic OH excluding ortho intramolecular Hbond substituents is 1. The number of benzene rings is 1. The molecule has 1 aromatic rings. The third kappa shape index (κ3) is 3.16. The van der Waals surface area contributed by atoms with Gasteiger partial charge in [-0.25, -0.2) is 0 Å². The highest BCUT2D eigenvalue weighted by molar-refractivity contribution is 5.70. The van der Waals surface area contributed by atoms with E-state index in [4.69, 9.17) is 5.73 Å². The van der Waals surface area contributed by atoms with Crippen molar-refractivity contribution in [3.8, 4) is 5.75 Å². The van der Waals surface area contributed by atoms with Crippen LogP contribution in [-0.4, -0.2) is 18.2 Å².